The fourth-order valence-electron chi connectivity index (χ4n) is 2.63. The number of hydrogen-bond acceptors (Lipinski definition) is 5. The van der Waals surface area contributed by atoms with E-state index in [4.69, 9.17) is 4.74 Å². The summed E-state index contributed by atoms with van der Waals surface area (Å²) in [6.45, 7) is 6.13. The van der Waals surface area contributed by atoms with Crippen LogP contribution in [-0.2, 0) is 14.3 Å². The number of rotatable bonds is 2. The molecule has 2 fully saturated rings. The number of morpholine rings is 1. The maximum absolute atomic E-state index is 12.7. The van der Waals surface area contributed by atoms with Gasteiger partial charge < -0.3 is 9.64 Å². The summed E-state index contributed by atoms with van der Waals surface area (Å²) in [5.41, 5.74) is 2.42. The molecule has 2 aliphatic rings. The van der Waals surface area contributed by atoms with Crippen molar-refractivity contribution in [1.82, 2.24) is 10.2 Å². The lowest BCUT2D eigenvalue weighted by atomic mass is 10.1. The molecule has 7 heteroatoms. The van der Waals surface area contributed by atoms with E-state index in [0.29, 0.717) is 32.0 Å². The van der Waals surface area contributed by atoms with Crippen molar-refractivity contribution in [2.45, 2.75) is 13.8 Å². The zero-order chi connectivity index (χ0) is 17.3. The normalized spacial score (nSPS) is 20.6. The fraction of sp³-hybridized carbons (Fsp3) is 0.353. The van der Waals surface area contributed by atoms with Gasteiger partial charge in [0, 0.05) is 19.3 Å². The first-order valence-corrected chi connectivity index (χ1v) is 7.78. The first kappa shape index (κ1) is 16.2. The SMILES string of the molecule is Cc1ccc(N2C(=O)NC(=O)/C(=C/N3CCOCC3)C2=O)cc1C. The smallest absolute Gasteiger partial charge is 0.335 e. The molecular weight excluding hydrogens is 310 g/mol. The second kappa shape index (κ2) is 6.45. The molecule has 0 atom stereocenters. The Morgan fingerprint density at radius 1 is 1.08 bits per heavy atom. The lowest BCUT2D eigenvalue weighted by Crippen LogP contribution is -2.55. The molecule has 126 valence electrons. The summed E-state index contributed by atoms with van der Waals surface area (Å²) < 4.78 is 5.25. The number of aryl methyl sites for hydroxylation is 2. The van der Waals surface area contributed by atoms with Gasteiger partial charge in [0.1, 0.15) is 5.57 Å². The van der Waals surface area contributed by atoms with Gasteiger partial charge >= 0.3 is 6.03 Å². The molecule has 4 amide bonds. The summed E-state index contributed by atoms with van der Waals surface area (Å²) in [7, 11) is 0. The van der Waals surface area contributed by atoms with Crippen molar-refractivity contribution in [2.75, 3.05) is 31.2 Å². The van der Waals surface area contributed by atoms with Crippen LogP contribution in [0.15, 0.2) is 30.0 Å². The summed E-state index contributed by atoms with van der Waals surface area (Å²) in [5.74, 6) is -1.28. The average molecular weight is 329 g/mol. The highest BCUT2D eigenvalue weighted by Gasteiger charge is 2.37. The maximum Gasteiger partial charge on any atom is 0.335 e. The van der Waals surface area contributed by atoms with Crippen LogP contribution >= 0.6 is 0 Å². The Morgan fingerprint density at radius 3 is 2.46 bits per heavy atom. The van der Waals surface area contributed by atoms with Gasteiger partial charge in [-0.3, -0.25) is 14.9 Å². The number of anilines is 1. The van der Waals surface area contributed by atoms with Gasteiger partial charge in [0.05, 0.1) is 18.9 Å². The van der Waals surface area contributed by atoms with Crippen molar-refractivity contribution in [2.24, 2.45) is 0 Å². The van der Waals surface area contributed by atoms with Gasteiger partial charge in [-0.15, -0.1) is 0 Å². The molecule has 0 radical (unpaired) electrons. The second-order valence-corrected chi connectivity index (χ2v) is 5.86. The maximum atomic E-state index is 12.7. The lowest BCUT2D eigenvalue weighted by Gasteiger charge is -2.30. The number of amides is 4. The van der Waals surface area contributed by atoms with E-state index in [9.17, 15) is 14.4 Å². The van der Waals surface area contributed by atoms with E-state index in [1.807, 2.05) is 24.8 Å². The van der Waals surface area contributed by atoms with Gasteiger partial charge in [-0.25, -0.2) is 9.69 Å². The molecule has 1 aromatic rings. The standard InChI is InChI=1S/C17H19N3O4/c1-11-3-4-13(9-12(11)2)20-16(22)14(15(21)18-17(20)23)10-19-5-7-24-8-6-19/h3-4,9-10H,5-8H2,1-2H3,(H,18,21,23)/b14-10-. The van der Waals surface area contributed by atoms with Crippen LogP contribution in [-0.4, -0.2) is 49.0 Å². The van der Waals surface area contributed by atoms with Crippen LogP contribution in [0, 0.1) is 13.8 Å². The van der Waals surface area contributed by atoms with E-state index < -0.39 is 17.8 Å². The molecule has 3 rings (SSSR count). The monoisotopic (exact) mass is 329 g/mol. The van der Waals surface area contributed by atoms with Crippen molar-refractivity contribution in [3.63, 3.8) is 0 Å². The number of nitrogens with zero attached hydrogens (tertiary/aromatic N) is 2. The number of hydrogen-bond donors (Lipinski definition) is 1. The zero-order valence-corrected chi connectivity index (χ0v) is 13.7. The quantitative estimate of drug-likeness (QED) is 0.649. The minimum absolute atomic E-state index is 0.0465. The molecule has 24 heavy (non-hydrogen) atoms. The molecule has 2 saturated heterocycles. The predicted octanol–water partition coefficient (Wildman–Crippen LogP) is 1.10. The Hall–Kier alpha value is -2.67. The first-order valence-electron chi connectivity index (χ1n) is 7.78. The molecule has 7 nitrogen and oxygen atoms in total. The minimum atomic E-state index is -0.729. The summed E-state index contributed by atoms with van der Waals surface area (Å²) in [4.78, 5) is 39.8. The minimum Gasteiger partial charge on any atom is -0.378 e. The van der Waals surface area contributed by atoms with Gasteiger partial charge in [-0.05, 0) is 37.1 Å². The Labute approximate surface area is 139 Å². The predicted molar refractivity (Wildman–Crippen MR) is 87.4 cm³/mol. The highest BCUT2D eigenvalue weighted by molar-refractivity contribution is 6.37. The number of carbonyl (C=O) groups excluding carboxylic acids is 3. The third-order valence-corrected chi connectivity index (χ3v) is 4.21. The highest BCUT2D eigenvalue weighted by Crippen LogP contribution is 2.23. The van der Waals surface area contributed by atoms with Crippen molar-refractivity contribution in [3.05, 3.63) is 41.1 Å². The molecule has 1 aromatic carbocycles. The van der Waals surface area contributed by atoms with Crippen LogP contribution in [0.1, 0.15) is 11.1 Å². The Balaban J connectivity index is 1.93. The third kappa shape index (κ3) is 3.03. The van der Waals surface area contributed by atoms with Crippen molar-refractivity contribution in [1.29, 1.82) is 0 Å². The van der Waals surface area contributed by atoms with E-state index in [1.54, 1.807) is 12.1 Å². The first-order chi connectivity index (χ1) is 11.5. The van der Waals surface area contributed by atoms with Gasteiger partial charge in [-0.1, -0.05) is 6.07 Å². The highest BCUT2D eigenvalue weighted by atomic mass is 16.5. The average Bonchev–Trinajstić information content (AvgIpc) is 2.55. The number of ether oxygens (including phenoxy) is 1. The Bertz CT molecular complexity index is 735. The molecule has 2 aliphatic heterocycles. The molecule has 0 spiro atoms. The van der Waals surface area contributed by atoms with E-state index in [2.05, 4.69) is 5.32 Å². The van der Waals surface area contributed by atoms with Gasteiger partial charge in [0.25, 0.3) is 11.8 Å². The fourth-order valence-corrected chi connectivity index (χ4v) is 2.63. The molecule has 0 unspecified atom stereocenters. The van der Waals surface area contributed by atoms with Crippen molar-refractivity contribution < 1.29 is 19.1 Å². The van der Waals surface area contributed by atoms with Crippen LogP contribution in [0.3, 0.4) is 0 Å². The molecule has 0 aliphatic carbocycles. The Kier molecular flexibility index (Phi) is 4.35. The number of benzene rings is 1. The van der Waals surface area contributed by atoms with Crippen LogP contribution in [0.5, 0.6) is 0 Å². The largest absolute Gasteiger partial charge is 0.378 e. The summed E-state index contributed by atoms with van der Waals surface area (Å²) in [6, 6.07) is 4.57. The topological polar surface area (TPSA) is 79.0 Å². The second-order valence-electron chi connectivity index (χ2n) is 5.86. The molecular formula is C17H19N3O4. The van der Waals surface area contributed by atoms with Crippen molar-refractivity contribution >= 4 is 23.5 Å². The van der Waals surface area contributed by atoms with Crippen molar-refractivity contribution in [3.8, 4) is 0 Å². The van der Waals surface area contributed by atoms with E-state index >= 15 is 0 Å². The van der Waals surface area contributed by atoms with Gasteiger partial charge in [0.2, 0.25) is 0 Å². The van der Waals surface area contributed by atoms with Crippen LogP contribution < -0.4 is 10.2 Å². The molecule has 0 aromatic heterocycles. The summed E-state index contributed by atoms with van der Waals surface area (Å²) >= 11 is 0. The summed E-state index contributed by atoms with van der Waals surface area (Å²) in [6.07, 6.45) is 1.51. The summed E-state index contributed by atoms with van der Waals surface area (Å²) in [5, 5.41) is 2.23. The van der Waals surface area contributed by atoms with E-state index in [-0.39, 0.29) is 5.57 Å². The van der Waals surface area contributed by atoms with Gasteiger partial charge in [0.15, 0.2) is 0 Å². The molecule has 0 bridgehead atoms. The number of carbonyl (C=O) groups is 3. The van der Waals surface area contributed by atoms with Gasteiger partial charge in [-0.2, -0.15) is 0 Å². The van der Waals surface area contributed by atoms with E-state index in [1.165, 1.54) is 6.20 Å². The number of nitrogens with one attached hydrogen (secondary N) is 1. The Morgan fingerprint density at radius 2 is 1.79 bits per heavy atom. The molecule has 0 saturated carbocycles. The van der Waals surface area contributed by atoms with Crippen LogP contribution in [0.2, 0.25) is 0 Å². The molecule has 2 heterocycles. The van der Waals surface area contributed by atoms with Crippen LogP contribution in [0.4, 0.5) is 10.5 Å². The number of barbiturate groups is 1. The third-order valence-electron chi connectivity index (χ3n) is 4.21. The number of urea groups is 1. The lowest BCUT2D eigenvalue weighted by molar-refractivity contribution is -0.122. The van der Waals surface area contributed by atoms with Crippen LogP contribution in [0.25, 0.3) is 0 Å². The van der Waals surface area contributed by atoms with E-state index in [0.717, 1.165) is 16.0 Å². The number of imide groups is 2. The molecule has 1 N–H and O–H groups in total. The zero-order valence-electron chi connectivity index (χ0n) is 13.7.